The molecule has 86 valence electrons. The van der Waals surface area contributed by atoms with E-state index in [-0.39, 0.29) is 12.3 Å². The highest BCUT2D eigenvalue weighted by molar-refractivity contribution is 7.51. The summed E-state index contributed by atoms with van der Waals surface area (Å²) in [5.41, 5.74) is 0. The van der Waals surface area contributed by atoms with Crippen molar-refractivity contribution in [1.29, 1.82) is 0 Å². The van der Waals surface area contributed by atoms with Crippen LogP contribution in [-0.4, -0.2) is 33.6 Å². The van der Waals surface area contributed by atoms with Crippen molar-refractivity contribution in [2.45, 2.75) is 40.2 Å². The van der Waals surface area contributed by atoms with Crippen LogP contribution < -0.4 is 0 Å². The molecule has 0 radical (unpaired) electrons. The number of rotatable bonds is 6. The van der Waals surface area contributed by atoms with Gasteiger partial charge in [0.05, 0.1) is 0 Å². The lowest BCUT2D eigenvalue weighted by molar-refractivity contribution is 0.221. The molecule has 0 atom stereocenters. The zero-order valence-corrected chi connectivity index (χ0v) is 10.4. The van der Waals surface area contributed by atoms with E-state index in [2.05, 4.69) is 13.8 Å². The molecule has 0 amide bonds. The van der Waals surface area contributed by atoms with Gasteiger partial charge >= 0.3 is 7.60 Å². The van der Waals surface area contributed by atoms with E-state index < -0.39 is 7.60 Å². The predicted molar refractivity (Wildman–Crippen MR) is 58.2 cm³/mol. The molecule has 0 heterocycles. The Hall–Kier alpha value is 0.110. The maximum absolute atomic E-state index is 10.8. The van der Waals surface area contributed by atoms with Crippen LogP contribution in [0.2, 0.25) is 0 Å². The quantitative estimate of drug-likeness (QED) is 0.675. The van der Waals surface area contributed by atoms with Gasteiger partial charge in [0.2, 0.25) is 0 Å². The maximum atomic E-state index is 10.8. The Morgan fingerprint density at radius 2 is 1.71 bits per heavy atom. The van der Waals surface area contributed by atoms with Gasteiger partial charge in [0.25, 0.3) is 0 Å². The van der Waals surface area contributed by atoms with Crippen molar-refractivity contribution in [3.05, 3.63) is 0 Å². The summed E-state index contributed by atoms with van der Waals surface area (Å²) in [6.07, 6.45) is 0.843. The van der Waals surface area contributed by atoms with E-state index in [1.807, 2.05) is 18.7 Å². The minimum atomic E-state index is -3.91. The van der Waals surface area contributed by atoms with E-state index in [0.29, 0.717) is 5.92 Å². The van der Waals surface area contributed by atoms with E-state index in [4.69, 9.17) is 9.79 Å². The third kappa shape index (κ3) is 7.51. The van der Waals surface area contributed by atoms with Crippen LogP contribution in [0.15, 0.2) is 0 Å². The summed E-state index contributed by atoms with van der Waals surface area (Å²) >= 11 is 0. The van der Waals surface area contributed by atoms with Crippen molar-refractivity contribution in [2.24, 2.45) is 5.92 Å². The van der Waals surface area contributed by atoms with Gasteiger partial charge in [0, 0.05) is 6.04 Å². The monoisotopic (exact) mass is 223 g/mol. The summed E-state index contributed by atoms with van der Waals surface area (Å²) in [4.78, 5) is 19.6. The SMILES string of the molecule is CC(C)CCN(CP(=O)(O)O)C(C)C. The molecule has 0 rings (SSSR count). The Kier molecular flexibility index (Phi) is 5.91. The first-order valence-corrected chi connectivity index (χ1v) is 6.80. The van der Waals surface area contributed by atoms with E-state index >= 15 is 0 Å². The van der Waals surface area contributed by atoms with Gasteiger partial charge in [-0.15, -0.1) is 0 Å². The molecule has 0 aromatic rings. The number of hydrogen-bond acceptors (Lipinski definition) is 2. The average Bonchev–Trinajstić information content (AvgIpc) is 1.94. The van der Waals surface area contributed by atoms with Gasteiger partial charge < -0.3 is 9.79 Å². The smallest absolute Gasteiger partial charge is 0.324 e. The number of hydrogen-bond donors (Lipinski definition) is 2. The van der Waals surface area contributed by atoms with E-state index in [9.17, 15) is 4.57 Å². The van der Waals surface area contributed by atoms with Crippen LogP contribution in [0.1, 0.15) is 34.1 Å². The molecule has 4 nitrogen and oxygen atoms in total. The van der Waals surface area contributed by atoms with Gasteiger partial charge in [-0.25, -0.2) is 0 Å². The van der Waals surface area contributed by atoms with Crippen LogP contribution in [0.25, 0.3) is 0 Å². The largest absolute Gasteiger partial charge is 0.339 e. The molecule has 0 aliphatic carbocycles. The molecular formula is C9H22NO3P. The minimum absolute atomic E-state index is 0.128. The third-order valence-electron chi connectivity index (χ3n) is 2.09. The summed E-state index contributed by atoms with van der Waals surface area (Å²) in [5, 5.41) is 0. The molecule has 0 aromatic heterocycles. The van der Waals surface area contributed by atoms with Crippen molar-refractivity contribution < 1.29 is 14.4 Å². The molecule has 0 spiro atoms. The summed E-state index contributed by atoms with van der Waals surface area (Å²) in [6, 6.07) is 0.182. The second-order valence-corrected chi connectivity index (χ2v) is 6.01. The Morgan fingerprint density at radius 1 is 1.21 bits per heavy atom. The summed E-state index contributed by atoms with van der Waals surface area (Å²) < 4.78 is 10.8. The molecule has 5 heteroatoms. The predicted octanol–water partition coefficient (Wildman–Crippen LogP) is 1.88. The van der Waals surface area contributed by atoms with Crippen molar-refractivity contribution in [2.75, 3.05) is 12.8 Å². The Bertz CT molecular complexity index is 200. The first kappa shape index (κ1) is 14.1. The Balaban J connectivity index is 4.10. The van der Waals surface area contributed by atoms with Crippen LogP contribution in [-0.2, 0) is 4.57 Å². The maximum Gasteiger partial charge on any atom is 0.339 e. The molecule has 0 unspecified atom stereocenters. The van der Waals surface area contributed by atoms with E-state index in [0.717, 1.165) is 13.0 Å². The molecule has 0 aromatic carbocycles. The molecule has 0 saturated carbocycles. The molecule has 0 aliphatic rings. The topological polar surface area (TPSA) is 60.8 Å². The molecule has 0 fully saturated rings. The van der Waals surface area contributed by atoms with Gasteiger partial charge in [-0.2, -0.15) is 0 Å². The highest BCUT2D eigenvalue weighted by atomic mass is 31.2. The van der Waals surface area contributed by atoms with Gasteiger partial charge in [-0.05, 0) is 32.7 Å². The lowest BCUT2D eigenvalue weighted by atomic mass is 10.1. The Morgan fingerprint density at radius 3 is 2.00 bits per heavy atom. The summed E-state index contributed by atoms with van der Waals surface area (Å²) in [6.45, 7) is 8.87. The minimum Gasteiger partial charge on any atom is -0.324 e. The zero-order chi connectivity index (χ0) is 11.4. The standard InChI is InChI=1S/C9H22NO3P/c1-8(2)5-6-10(9(3)4)7-14(11,12)13/h8-9H,5-7H2,1-4H3,(H2,11,12,13). The van der Waals surface area contributed by atoms with Crippen molar-refractivity contribution in [3.63, 3.8) is 0 Å². The van der Waals surface area contributed by atoms with Crippen molar-refractivity contribution in [3.8, 4) is 0 Å². The molecule has 2 N–H and O–H groups in total. The Labute approximate surface area is 86.5 Å². The number of nitrogens with zero attached hydrogens (tertiary/aromatic N) is 1. The molecule has 0 bridgehead atoms. The van der Waals surface area contributed by atoms with E-state index in [1.165, 1.54) is 0 Å². The van der Waals surface area contributed by atoms with Crippen molar-refractivity contribution >= 4 is 7.60 Å². The van der Waals surface area contributed by atoms with Crippen molar-refractivity contribution in [1.82, 2.24) is 4.90 Å². The van der Waals surface area contributed by atoms with Crippen LogP contribution in [0.3, 0.4) is 0 Å². The second kappa shape index (κ2) is 5.86. The zero-order valence-electron chi connectivity index (χ0n) is 9.47. The van der Waals surface area contributed by atoms with Crippen LogP contribution >= 0.6 is 7.60 Å². The molecule has 14 heavy (non-hydrogen) atoms. The fourth-order valence-electron chi connectivity index (χ4n) is 1.15. The third-order valence-corrected chi connectivity index (χ3v) is 2.82. The highest BCUT2D eigenvalue weighted by Crippen LogP contribution is 2.35. The highest BCUT2D eigenvalue weighted by Gasteiger charge is 2.21. The summed E-state index contributed by atoms with van der Waals surface area (Å²) in [7, 11) is -3.91. The normalized spacial score (nSPS) is 13.2. The van der Waals surface area contributed by atoms with E-state index in [1.54, 1.807) is 0 Å². The fraction of sp³-hybridized carbons (Fsp3) is 1.00. The first-order valence-electron chi connectivity index (χ1n) is 5.01. The molecular weight excluding hydrogens is 201 g/mol. The van der Waals surface area contributed by atoms with Gasteiger partial charge in [-0.1, -0.05) is 13.8 Å². The van der Waals surface area contributed by atoms with Gasteiger partial charge in [0.1, 0.15) is 6.29 Å². The van der Waals surface area contributed by atoms with Gasteiger partial charge in [0.15, 0.2) is 0 Å². The van der Waals surface area contributed by atoms with Crippen LogP contribution in [0.5, 0.6) is 0 Å². The first-order chi connectivity index (χ1) is 6.22. The lowest BCUT2D eigenvalue weighted by Crippen LogP contribution is -2.33. The van der Waals surface area contributed by atoms with Crippen LogP contribution in [0.4, 0.5) is 0 Å². The van der Waals surface area contributed by atoms with Gasteiger partial charge in [-0.3, -0.25) is 9.46 Å². The second-order valence-electron chi connectivity index (χ2n) is 4.39. The molecule has 0 aliphatic heterocycles. The fourth-order valence-corrected chi connectivity index (χ4v) is 2.09. The molecule has 0 saturated heterocycles. The summed E-state index contributed by atoms with van der Waals surface area (Å²) in [5.74, 6) is 0.563. The van der Waals surface area contributed by atoms with Crippen LogP contribution in [0, 0.1) is 5.92 Å². The average molecular weight is 223 g/mol. The lowest BCUT2D eigenvalue weighted by Gasteiger charge is -2.27.